The van der Waals surface area contributed by atoms with E-state index < -0.39 is 30.7 Å². The summed E-state index contributed by atoms with van der Waals surface area (Å²) >= 11 is 0. The number of esters is 1. The summed E-state index contributed by atoms with van der Waals surface area (Å²) in [6.45, 7) is 4.04. The number of hydrogen-bond acceptors (Lipinski definition) is 7. The first-order valence-electron chi connectivity index (χ1n) is 9.98. The summed E-state index contributed by atoms with van der Waals surface area (Å²) in [5.41, 5.74) is 0. The van der Waals surface area contributed by atoms with Crippen LogP contribution in [0.25, 0.3) is 0 Å². The van der Waals surface area contributed by atoms with Crippen LogP contribution in [0.15, 0.2) is 0 Å². The van der Waals surface area contributed by atoms with Gasteiger partial charge in [0.25, 0.3) is 0 Å². The Morgan fingerprint density at radius 2 is 1.50 bits per heavy atom. The minimum absolute atomic E-state index is 0.176. The van der Waals surface area contributed by atoms with Crippen molar-refractivity contribution in [2.24, 2.45) is 0 Å². The van der Waals surface area contributed by atoms with E-state index in [0.717, 1.165) is 19.3 Å². The number of unbranched alkanes of at least 4 members (excludes halogenated alkanes) is 7. The Hall–Kier alpha value is -0.730. The first kappa shape index (κ1) is 23.3. The number of aliphatic hydroxyl groups excluding tert-OH is 3. The fraction of sp³-hybridized carbons (Fsp3) is 0.947. The lowest BCUT2D eigenvalue weighted by Crippen LogP contribution is -2.59. The van der Waals surface area contributed by atoms with E-state index in [-0.39, 0.29) is 19.2 Å². The van der Waals surface area contributed by atoms with Gasteiger partial charge in [0.2, 0.25) is 0 Å². The Morgan fingerprint density at radius 3 is 2.12 bits per heavy atom. The molecule has 5 atom stereocenters. The molecule has 0 saturated carbocycles. The van der Waals surface area contributed by atoms with Crippen LogP contribution in [0.2, 0.25) is 0 Å². The lowest BCUT2D eigenvalue weighted by Gasteiger charge is -2.39. The van der Waals surface area contributed by atoms with Crippen LogP contribution in [0.5, 0.6) is 0 Å². The molecule has 0 aromatic carbocycles. The lowest BCUT2D eigenvalue weighted by molar-refractivity contribution is -0.300. The van der Waals surface area contributed by atoms with Crippen LogP contribution in [0.3, 0.4) is 0 Å². The zero-order valence-electron chi connectivity index (χ0n) is 16.1. The third-order valence-corrected chi connectivity index (χ3v) is 4.64. The van der Waals surface area contributed by atoms with Crippen molar-refractivity contribution in [2.45, 2.75) is 102 Å². The fourth-order valence-corrected chi connectivity index (χ4v) is 3.01. The third-order valence-electron chi connectivity index (χ3n) is 4.64. The Morgan fingerprint density at radius 1 is 0.885 bits per heavy atom. The largest absolute Gasteiger partial charge is 0.463 e. The maximum Gasteiger partial charge on any atom is 0.305 e. The zero-order chi connectivity index (χ0) is 19.4. The lowest BCUT2D eigenvalue weighted by atomic mass is 9.99. The van der Waals surface area contributed by atoms with Gasteiger partial charge in [0.15, 0.2) is 6.29 Å². The van der Waals surface area contributed by atoms with Gasteiger partial charge in [-0.25, -0.2) is 0 Å². The van der Waals surface area contributed by atoms with Crippen molar-refractivity contribution in [2.75, 3.05) is 13.2 Å². The van der Waals surface area contributed by atoms with Crippen molar-refractivity contribution in [3.8, 4) is 0 Å². The molecule has 7 heteroatoms. The van der Waals surface area contributed by atoms with Gasteiger partial charge in [-0.15, -0.1) is 0 Å². The van der Waals surface area contributed by atoms with Gasteiger partial charge < -0.3 is 29.5 Å². The number of hydrogen-bond donors (Lipinski definition) is 3. The molecule has 26 heavy (non-hydrogen) atoms. The highest BCUT2D eigenvalue weighted by Crippen LogP contribution is 2.22. The average molecular weight is 376 g/mol. The topological polar surface area (TPSA) is 105 Å². The fourth-order valence-electron chi connectivity index (χ4n) is 3.01. The normalized spacial score (nSPS) is 28.9. The second-order valence-electron chi connectivity index (χ2n) is 6.88. The standard InChI is InChI=1S/C19H36O7/c1-3-5-6-7-8-9-10-11-12-15(20)25-13-14-16(21)17(22)18(23)19(26-14)24-4-2/h14,16-19,21-23H,3-13H2,1-2H3/t14-,16-,17+,18-,19?/m1/s1. The highest BCUT2D eigenvalue weighted by Gasteiger charge is 2.44. The van der Waals surface area contributed by atoms with Crippen LogP contribution >= 0.6 is 0 Å². The summed E-state index contributed by atoms with van der Waals surface area (Å²) < 4.78 is 15.7. The summed E-state index contributed by atoms with van der Waals surface area (Å²) in [5, 5.41) is 29.6. The quantitative estimate of drug-likeness (QED) is 0.333. The molecular weight excluding hydrogens is 340 g/mol. The molecule has 0 aliphatic carbocycles. The van der Waals surface area contributed by atoms with Gasteiger partial charge >= 0.3 is 5.97 Å². The molecule has 1 heterocycles. The van der Waals surface area contributed by atoms with E-state index in [9.17, 15) is 20.1 Å². The Bertz CT molecular complexity index is 377. The van der Waals surface area contributed by atoms with Crippen molar-refractivity contribution >= 4 is 5.97 Å². The van der Waals surface area contributed by atoms with Gasteiger partial charge in [-0.05, 0) is 13.3 Å². The molecule has 1 unspecified atom stereocenters. The van der Waals surface area contributed by atoms with Gasteiger partial charge in [-0.2, -0.15) is 0 Å². The molecule has 0 radical (unpaired) electrons. The molecule has 0 amide bonds. The highest BCUT2D eigenvalue weighted by molar-refractivity contribution is 5.69. The molecule has 0 aromatic heterocycles. The maximum absolute atomic E-state index is 11.8. The van der Waals surface area contributed by atoms with Gasteiger partial charge in [-0.1, -0.05) is 51.9 Å². The average Bonchev–Trinajstić information content (AvgIpc) is 2.63. The molecule has 3 N–H and O–H groups in total. The predicted molar refractivity (Wildman–Crippen MR) is 96.5 cm³/mol. The monoisotopic (exact) mass is 376 g/mol. The predicted octanol–water partition coefficient (Wildman–Crippen LogP) is 1.90. The van der Waals surface area contributed by atoms with Gasteiger partial charge in [0.1, 0.15) is 31.0 Å². The van der Waals surface area contributed by atoms with Crippen LogP contribution < -0.4 is 0 Å². The van der Waals surface area contributed by atoms with Crippen LogP contribution in [-0.2, 0) is 19.0 Å². The Kier molecular flexibility index (Phi) is 12.0. The third kappa shape index (κ3) is 8.31. The van der Waals surface area contributed by atoms with Crippen molar-refractivity contribution in [3.05, 3.63) is 0 Å². The zero-order valence-corrected chi connectivity index (χ0v) is 16.1. The van der Waals surface area contributed by atoms with Gasteiger partial charge in [-0.3, -0.25) is 4.79 Å². The van der Waals surface area contributed by atoms with Crippen LogP contribution in [0.4, 0.5) is 0 Å². The van der Waals surface area contributed by atoms with Crippen LogP contribution in [0.1, 0.15) is 71.6 Å². The van der Waals surface area contributed by atoms with Crippen molar-refractivity contribution < 1.29 is 34.3 Å². The van der Waals surface area contributed by atoms with Crippen molar-refractivity contribution in [1.29, 1.82) is 0 Å². The van der Waals surface area contributed by atoms with E-state index in [1.807, 2.05) is 0 Å². The maximum atomic E-state index is 11.8. The highest BCUT2D eigenvalue weighted by atomic mass is 16.7. The molecule has 1 saturated heterocycles. The molecule has 1 aliphatic rings. The number of carbonyl (C=O) groups excluding carboxylic acids is 1. The molecule has 1 rings (SSSR count). The van der Waals surface area contributed by atoms with E-state index in [1.54, 1.807) is 6.92 Å². The van der Waals surface area contributed by atoms with Crippen LogP contribution in [-0.4, -0.2) is 65.2 Å². The van der Waals surface area contributed by atoms with Crippen molar-refractivity contribution in [1.82, 2.24) is 0 Å². The molecule has 1 fully saturated rings. The first-order chi connectivity index (χ1) is 12.5. The second kappa shape index (κ2) is 13.4. The number of aliphatic hydroxyl groups is 3. The molecule has 1 aliphatic heterocycles. The smallest absolute Gasteiger partial charge is 0.305 e. The SMILES string of the molecule is CCCCCCCCCCC(=O)OC[C@H]1OC(OCC)[C@H](O)[C@@H](O)[C@@H]1O. The Balaban J connectivity index is 2.18. The summed E-state index contributed by atoms with van der Waals surface area (Å²) in [7, 11) is 0. The summed E-state index contributed by atoms with van der Waals surface area (Å²) in [6, 6.07) is 0. The summed E-state index contributed by atoms with van der Waals surface area (Å²) in [4.78, 5) is 11.8. The van der Waals surface area contributed by atoms with E-state index >= 15 is 0 Å². The van der Waals surface area contributed by atoms with Gasteiger partial charge in [0.05, 0.1) is 0 Å². The summed E-state index contributed by atoms with van der Waals surface area (Å²) in [6.07, 6.45) is 3.46. The molecule has 0 bridgehead atoms. The molecule has 0 aromatic rings. The second-order valence-corrected chi connectivity index (χ2v) is 6.88. The Labute approximate surface area is 156 Å². The van der Waals surface area contributed by atoms with E-state index in [4.69, 9.17) is 14.2 Å². The molecule has 7 nitrogen and oxygen atoms in total. The molecule has 154 valence electrons. The number of carbonyl (C=O) groups is 1. The van der Waals surface area contributed by atoms with Crippen molar-refractivity contribution in [3.63, 3.8) is 0 Å². The van der Waals surface area contributed by atoms with E-state index in [0.29, 0.717) is 6.42 Å². The van der Waals surface area contributed by atoms with E-state index in [1.165, 1.54) is 32.1 Å². The molecular formula is C19H36O7. The minimum atomic E-state index is -1.41. The first-order valence-corrected chi connectivity index (χ1v) is 9.98. The minimum Gasteiger partial charge on any atom is -0.463 e. The number of ether oxygens (including phenoxy) is 3. The summed E-state index contributed by atoms with van der Waals surface area (Å²) in [5.74, 6) is -0.347. The number of rotatable bonds is 13. The van der Waals surface area contributed by atoms with E-state index in [2.05, 4.69) is 6.92 Å². The molecule has 0 spiro atoms. The van der Waals surface area contributed by atoms with Crippen LogP contribution in [0, 0.1) is 0 Å². The van der Waals surface area contributed by atoms with Gasteiger partial charge in [0, 0.05) is 13.0 Å².